The predicted octanol–water partition coefficient (Wildman–Crippen LogP) is 15.6. The summed E-state index contributed by atoms with van der Waals surface area (Å²) < 4.78 is 4.90. The summed E-state index contributed by atoms with van der Waals surface area (Å²) in [6.07, 6.45) is 0. The number of hydrogen-bond acceptors (Lipinski definition) is 2. The molecule has 0 saturated heterocycles. The van der Waals surface area contributed by atoms with Crippen molar-refractivity contribution in [3.8, 4) is 0 Å². The van der Waals surface area contributed by atoms with Gasteiger partial charge >= 0.3 is 0 Å². The van der Waals surface area contributed by atoms with Gasteiger partial charge in [-0.3, -0.25) is 9.15 Å². The third kappa shape index (κ3) is 27.5. The molecule has 0 heterocycles. The molecule has 12 rings (SSSR count). The fourth-order valence-electron chi connectivity index (χ4n) is 12.6. The molecular formula is C90H112N4P4Pd2+4. The largest absolute Gasteiger partial charge is 0.436 e. The van der Waals surface area contributed by atoms with E-state index in [1.165, 1.54) is 75.1 Å². The molecule has 0 atom stereocenters. The minimum atomic E-state index is -0.877. The Kier molecular flexibility index (Phi) is 37.9. The monoisotopic (exact) mass is 1580 g/mol. The predicted molar refractivity (Wildman–Crippen MR) is 449 cm³/mol. The third-order valence-corrected chi connectivity index (χ3v) is 24.9. The van der Waals surface area contributed by atoms with Gasteiger partial charge in [0, 0.05) is 75.7 Å². The number of rotatable bonds is 20. The van der Waals surface area contributed by atoms with Gasteiger partial charge < -0.3 is 9.80 Å². The number of anilines is 2. The molecule has 12 aromatic rings. The minimum Gasteiger partial charge on any atom is -0.436 e. The molecule has 100 heavy (non-hydrogen) atoms. The molecule has 0 N–H and O–H groups in total. The van der Waals surface area contributed by atoms with Crippen LogP contribution in [-0.2, 0) is 40.8 Å². The molecule has 0 radical (unpaired) electrons. The molecule has 0 bridgehead atoms. The van der Waals surface area contributed by atoms with Crippen LogP contribution in [0.1, 0.15) is 111 Å². The van der Waals surface area contributed by atoms with Crippen molar-refractivity contribution in [3.63, 3.8) is 0 Å². The summed E-state index contributed by atoms with van der Waals surface area (Å²) in [5, 5.41) is 17.1. The summed E-state index contributed by atoms with van der Waals surface area (Å²) in [4.78, 5) is 4.90. The molecule has 0 spiro atoms. The summed E-state index contributed by atoms with van der Waals surface area (Å²) in [5.41, 5.74) is 2.63. The van der Waals surface area contributed by atoms with E-state index in [-0.39, 0.29) is 58.0 Å². The van der Waals surface area contributed by atoms with Gasteiger partial charge in [-0.15, -0.1) is 11.4 Å². The fraction of sp³-hybridized carbons (Fsp3) is 0.267. The van der Waals surface area contributed by atoms with Gasteiger partial charge in [0.1, 0.15) is 56.0 Å². The summed E-state index contributed by atoms with van der Waals surface area (Å²) in [6.45, 7) is 36.0. The molecule has 0 fully saturated rings. The van der Waals surface area contributed by atoms with E-state index >= 15 is 0 Å². The SMILES string of the molecule is CC(C)N(c1[c-]c1=[N+](C(C)C)C(C)C)C(C)C.CC(C)N(c1[c-]c1=[N+](C(C)C)C(C)C)C(C)C.[Pd].[Pd].c1ccc([PH+](c2ccccc2)c2ccccc2)cc1.c1ccc([PH+](c2ccccc2)c2ccccc2)cc1.c1ccc([PH2+]c2ccccc2)cc1.c1ccc([PH2+]c2ccccc2)cc1. The number of hydrogen-bond donors (Lipinski definition) is 0. The van der Waals surface area contributed by atoms with E-state index in [2.05, 4.69) is 445 Å². The van der Waals surface area contributed by atoms with Gasteiger partial charge in [-0.1, -0.05) is 182 Å². The number of nitrogens with zero attached hydrogens (tertiary/aromatic N) is 4. The molecular weight excluding hydrogens is 1470 g/mol. The Balaban J connectivity index is 0.000000217. The molecule has 4 nitrogen and oxygen atoms in total. The number of benzene rings is 10. The first kappa shape index (κ1) is 84.3. The van der Waals surface area contributed by atoms with E-state index in [1.807, 2.05) is 0 Å². The molecule has 12 aromatic carbocycles. The Morgan fingerprint density at radius 3 is 0.530 bits per heavy atom. The molecule has 10 heteroatoms. The Hall–Kier alpha value is -6.34. The molecule has 0 aliphatic rings. The van der Waals surface area contributed by atoms with Crippen molar-refractivity contribution in [1.29, 1.82) is 0 Å². The van der Waals surface area contributed by atoms with Crippen LogP contribution in [0.4, 0.5) is 11.4 Å². The first-order valence-electron chi connectivity index (χ1n) is 35.5. The zero-order valence-electron chi connectivity index (χ0n) is 62.1. The van der Waals surface area contributed by atoms with E-state index in [0.29, 0.717) is 48.3 Å². The smallest absolute Gasteiger partial charge is 0.134 e. The van der Waals surface area contributed by atoms with E-state index in [1.54, 1.807) is 0 Å². The van der Waals surface area contributed by atoms with Crippen LogP contribution in [0.15, 0.2) is 303 Å². The van der Waals surface area contributed by atoms with Crippen molar-refractivity contribution < 1.29 is 40.8 Å². The van der Waals surface area contributed by atoms with Gasteiger partial charge in [-0.2, -0.15) is 0 Å². The Morgan fingerprint density at radius 2 is 0.390 bits per heavy atom. The van der Waals surface area contributed by atoms with E-state index in [4.69, 9.17) is 0 Å². The van der Waals surface area contributed by atoms with Gasteiger partial charge in [0.2, 0.25) is 0 Å². The molecule has 0 aliphatic heterocycles. The first-order chi connectivity index (χ1) is 47.3. The molecule has 0 unspecified atom stereocenters. The van der Waals surface area contributed by atoms with Gasteiger partial charge in [-0.05, 0) is 232 Å². The summed E-state index contributed by atoms with van der Waals surface area (Å²) in [5.74, 6) is 0. The average molecular weight is 1590 g/mol. The quantitative estimate of drug-likeness (QED) is 0.0326. The Morgan fingerprint density at radius 1 is 0.240 bits per heavy atom. The van der Waals surface area contributed by atoms with E-state index < -0.39 is 15.8 Å². The van der Waals surface area contributed by atoms with Crippen LogP contribution >= 0.6 is 33.0 Å². The van der Waals surface area contributed by atoms with Crippen LogP contribution in [-0.4, -0.2) is 48.3 Å². The van der Waals surface area contributed by atoms with Gasteiger partial charge in [0.05, 0.1) is 54.2 Å². The molecule has 0 aliphatic carbocycles. The first-order valence-corrected chi connectivity index (χ1v) is 40.8. The van der Waals surface area contributed by atoms with Gasteiger partial charge in [0.25, 0.3) is 0 Å². The normalized spacial score (nSPS) is 10.8. The average Bonchev–Trinajstić information content (AvgIpc) is 1.62. The van der Waals surface area contributed by atoms with Crippen LogP contribution in [0.5, 0.6) is 0 Å². The molecule has 0 amide bonds. The van der Waals surface area contributed by atoms with Crippen LogP contribution in [0, 0.1) is 12.1 Å². The Labute approximate surface area is 637 Å². The van der Waals surface area contributed by atoms with Crippen molar-refractivity contribution in [3.05, 3.63) is 326 Å². The zero-order valence-corrected chi connectivity index (χ0v) is 69.5. The van der Waals surface area contributed by atoms with Gasteiger partial charge in [-0.25, -0.2) is 12.1 Å². The second-order valence-electron chi connectivity index (χ2n) is 26.9. The maximum absolute atomic E-state index is 3.48. The molecule has 0 saturated carbocycles. The van der Waals surface area contributed by atoms with E-state index in [0.717, 1.165) is 0 Å². The maximum Gasteiger partial charge on any atom is 0.134 e. The summed E-state index contributed by atoms with van der Waals surface area (Å²) >= 11 is 0. The van der Waals surface area contributed by atoms with Crippen molar-refractivity contribution in [2.24, 2.45) is 0 Å². The van der Waals surface area contributed by atoms with Crippen LogP contribution < -0.4 is 82.7 Å². The van der Waals surface area contributed by atoms with Crippen molar-refractivity contribution in [2.45, 2.75) is 159 Å². The van der Waals surface area contributed by atoms with E-state index in [9.17, 15) is 0 Å². The molecule has 528 valence electrons. The molecule has 0 aromatic heterocycles. The Bertz CT molecular complexity index is 3530. The van der Waals surface area contributed by atoms with Crippen LogP contribution in [0.2, 0.25) is 0 Å². The van der Waals surface area contributed by atoms with Crippen LogP contribution in [0.3, 0.4) is 0 Å². The summed E-state index contributed by atoms with van der Waals surface area (Å²) in [6, 6.07) is 119. The zero-order chi connectivity index (χ0) is 70.3. The van der Waals surface area contributed by atoms with Crippen molar-refractivity contribution in [1.82, 2.24) is 9.15 Å². The fourth-order valence-corrected chi connectivity index (χ4v) is 20.2. The van der Waals surface area contributed by atoms with Crippen LogP contribution in [0.25, 0.3) is 0 Å². The topological polar surface area (TPSA) is 12.5 Å². The third-order valence-electron chi connectivity index (χ3n) is 16.5. The maximum atomic E-state index is 3.48. The van der Waals surface area contributed by atoms with Gasteiger partial charge in [0.15, 0.2) is 0 Å². The standard InChI is InChI=1S/2C18H15P.2C15H28N2.2C12H11P.2Pd/c2*1-4-10-16(11-5-1)19(17-12-6-2-7-13-17)18-14-8-3-9-15-18;2*1-10(2)16(11(3)4)14-9-15(14)17(12(5)6)13(7)8;2*1-3-7-11(8-4-1)13-12-9-5-2-6-10-12;;/h2*1-15H;2*10-13H,1-8H3;2*1-10,13H;;/p+4. The minimum absolute atomic E-state index is 0. The second kappa shape index (κ2) is 44.9. The second-order valence-corrected chi connectivity index (χ2v) is 35.1. The summed E-state index contributed by atoms with van der Waals surface area (Å²) in [7, 11) is -1.21. The van der Waals surface area contributed by atoms with Crippen molar-refractivity contribution >= 4 is 97.4 Å². The van der Waals surface area contributed by atoms with Crippen molar-refractivity contribution in [2.75, 3.05) is 9.80 Å².